The van der Waals surface area contributed by atoms with Gasteiger partial charge in [0.2, 0.25) is 0 Å². The normalized spacial score (nSPS) is 23.2. The zero-order valence-electron chi connectivity index (χ0n) is 11.3. The lowest BCUT2D eigenvalue weighted by atomic mass is 9.95. The lowest BCUT2D eigenvalue weighted by Crippen LogP contribution is -2.46. The largest absolute Gasteiger partial charge is 0.379 e. The molecular weight excluding hydrogens is 244 g/mol. The summed E-state index contributed by atoms with van der Waals surface area (Å²) < 4.78 is 5.42. The molecule has 2 heterocycles. The first-order chi connectivity index (χ1) is 9.15. The van der Waals surface area contributed by atoms with Crippen LogP contribution >= 0.6 is 0 Å². The fourth-order valence-corrected chi connectivity index (χ4v) is 2.31. The quantitative estimate of drug-likeness (QED) is 0.625. The standard InChI is InChI=1S/C13H20N4O2/c1-9-5-6-17(8-11(9)19-2)13(18)10-3-4-12(16-14)15-7-10/h3-4,7,9,11H,5-6,8,14H2,1-2H3,(H,15,16). The molecular formula is C13H20N4O2. The summed E-state index contributed by atoms with van der Waals surface area (Å²) in [6.45, 7) is 3.55. The van der Waals surface area contributed by atoms with Crippen molar-refractivity contribution in [1.82, 2.24) is 9.88 Å². The number of carbonyl (C=O) groups excluding carboxylic acids is 1. The highest BCUT2D eigenvalue weighted by molar-refractivity contribution is 5.94. The van der Waals surface area contributed by atoms with Crippen LogP contribution in [0.1, 0.15) is 23.7 Å². The minimum absolute atomic E-state index is 0.00924. The first-order valence-electron chi connectivity index (χ1n) is 6.40. The van der Waals surface area contributed by atoms with Gasteiger partial charge < -0.3 is 15.1 Å². The number of anilines is 1. The zero-order chi connectivity index (χ0) is 13.8. The number of likely N-dealkylation sites (tertiary alicyclic amines) is 1. The van der Waals surface area contributed by atoms with Crippen LogP contribution in [0, 0.1) is 5.92 Å². The second kappa shape index (κ2) is 5.99. The van der Waals surface area contributed by atoms with Crippen LogP contribution in [-0.2, 0) is 4.74 Å². The van der Waals surface area contributed by atoms with Gasteiger partial charge in [0.05, 0.1) is 11.7 Å². The number of nitrogens with one attached hydrogen (secondary N) is 1. The Morgan fingerprint density at radius 3 is 2.95 bits per heavy atom. The first-order valence-corrected chi connectivity index (χ1v) is 6.40. The molecule has 1 aromatic heterocycles. The zero-order valence-corrected chi connectivity index (χ0v) is 11.3. The number of hydrogen-bond donors (Lipinski definition) is 2. The second-order valence-electron chi connectivity index (χ2n) is 4.87. The molecule has 19 heavy (non-hydrogen) atoms. The lowest BCUT2D eigenvalue weighted by Gasteiger charge is -2.36. The predicted molar refractivity (Wildman–Crippen MR) is 72.5 cm³/mol. The van der Waals surface area contributed by atoms with Crippen LogP contribution in [0.15, 0.2) is 18.3 Å². The number of hydrogen-bond acceptors (Lipinski definition) is 5. The van der Waals surface area contributed by atoms with E-state index in [1.165, 1.54) is 6.20 Å². The van der Waals surface area contributed by atoms with Gasteiger partial charge in [0.15, 0.2) is 0 Å². The number of amides is 1. The number of carbonyl (C=O) groups is 1. The topological polar surface area (TPSA) is 80.5 Å². The summed E-state index contributed by atoms with van der Waals surface area (Å²) in [5.74, 6) is 6.26. The van der Waals surface area contributed by atoms with E-state index in [9.17, 15) is 4.79 Å². The number of methoxy groups -OCH3 is 1. The van der Waals surface area contributed by atoms with Crippen LogP contribution in [0.3, 0.4) is 0 Å². The van der Waals surface area contributed by atoms with Gasteiger partial charge in [0, 0.05) is 26.4 Å². The van der Waals surface area contributed by atoms with E-state index in [1.807, 2.05) is 4.90 Å². The molecule has 0 aromatic carbocycles. The van der Waals surface area contributed by atoms with Crippen LogP contribution in [0.2, 0.25) is 0 Å². The number of rotatable bonds is 3. The third-order valence-electron chi connectivity index (χ3n) is 3.64. The first kappa shape index (κ1) is 13.8. The number of ether oxygens (including phenoxy) is 1. The Bertz CT molecular complexity index is 435. The van der Waals surface area contributed by atoms with Gasteiger partial charge in [-0.15, -0.1) is 0 Å². The molecule has 104 valence electrons. The number of piperidine rings is 1. The fourth-order valence-electron chi connectivity index (χ4n) is 2.31. The number of hydrazine groups is 1. The molecule has 6 heteroatoms. The van der Waals surface area contributed by atoms with E-state index in [0.29, 0.717) is 23.8 Å². The third kappa shape index (κ3) is 3.02. The molecule has 3 N–H and O–H groups in total. The summed E-state index contributed by atoms with van der Waals surface area (Å²) in [6.07, 6.45) is 2.60. The summed E-state index contributed by atoms with van der Waals surface area (Å²) in [7, 11) is 1.69. The van der Waals surface area contributed by atoms with E-state index in [0.717, 1.165) is 13.0 Å². The molecule has 0 bridgehead atoms. The number of aromatic nitrogens is 1. The molecule has 1 aliphatic rings. The van der Waals surface area contributed by atoms with E-state index in [-0.39, 0.29) is 12.0 Å². The summed E-state index contributed by atoms with van der Waals surface area (Å²) in [5.41, 5.74) is 3.01. The molecule has 2 rings (SSSR count). The van der Waals surface area contributed by atoms with Crippen molar-refractivity contribution < 1.29 is 9.53 Å². The molecule has 0 radical (unpaired) electrons. The molecule has 6 nitrogen and oxygen atoms in total. The van der Waals surface area contributed by atoms with Gasteiger partial charge in [0.25, 0.3) is 5.91 Å². The summed E-state index contributed by atoms with van der Waals surface area (Å²) >= 11 is 0. The molecule has 1 amide bonds. The van der Waals surface area contributed by atoms with Crippen molar-refractivity contribution in [3.8, 4) is 0 Å². The maximum absolute atomic E-state index is 12.3. The Balaban J connectivity index is 2.06. The van der Waals surface area contributed by atoms with Crippen molar-refractivity contribution in [2.24, 2.45) is 11.8 Å². The molecule has 1 fully saturated rings. The summed E-state index contributed by atoms with van der Waals surface area (Å²) in [4.78, 5) is 18.2. The van der Waals surface area contributed by atoms with E-state index in [4.69, 9.17) is 10.6 Å². The molecule has 2 unspecified atom stereocenters. The van der Waals surface area contributed by atoms with E-state index in [2.05, 4.69) is 17.3 Å². The third-order valence-corrected chi connectivity index (χ3v) is 3.64. The van der Waals surface area contributed by atoms with Crippen molar-refractivity contribution in [3.63, 3.8) is 0 Å². The lowest BCUT2D eigenvalue weighted by molar-refractivity contribution is -0.00157. The van der Waals surface area contributed by atoms with Crippen LogP contribution in [0.25, 0.3) is 0 Å². The predicted octanol–water partition coefficient (Wildman–Crippen LogP) is 0.864. The van der Waals surface area contributed by atoms with Gasteiger partial charge in [-0.3, -0.25) is 4.79 Å². The molecule has 1 aliphatic heterocycles. The smallest absolute Gasteiger partial charge is 0.255 e. The summed E-state index contributed by atoms with van der Waals surface area (Å²) in [5, 5.41) is 0. The number of nitrogens with zero attached hydrogens (tertiary/aromatic N) is 2. The highest BCUT2D eigenvalue weighted by Crippen LogP contribution is 2.21. The van der Waals surface area contributed by atoms with Gasteiger partial charge in [-0.25, -0.2) is 10.8 Å². The number of nitrogens with two attached hydrogens (primary N) is 1. The minimum Gasteiger partial charge on any atom is -0.379 e. The number of nitrogen functional groups attached to an aromatic ring is 1. The fraction of sp³-hybridized carbons (Fsp3) is 0.538. The van der Waals surface area contributed by atoms with Crippen molar-refractivity contribution in [2.75, 3.05) is 25.6 Å². The maximum atomic E-state index is 12.3. The molecule has 0 saturated carbocycles. The molecule has 0 spiro atoms. The molecule has 1 saturated heterocycles. The Labute approximate surface area is 112 Å². The second-order valence-corrected chi connectivity index (χ2v) is 4.87. The summed E-state index contributed by atoms with van der Waals surface area (Å²) in [6, 6.07) is 3.41. The minimum atomic E-state index is -0.00924. The van der Waals surface area contributed by atoms with Crippen LogP contribution in [0.5, 0.6) is 0 Å². The Morgan fingerprint density at radius 2 is 2.37 bits per heavy atom. The van der Waals surface area contributed by atoms with E-state index in [1.54, 1.807) is 19.2 Å². The molecule has 1 aromatic rings. The Hall–Kier alpha value is -1.66. The van der Waals surface area contributed by atoms with Crippen LogP contribution in [-0.4, -0.2) is 42.1 Å². The highest BCUT2D eigenvalue weighted by atomic mass is 16.5. The Morgan fingerprint density at radius 1 is 1.58 bits per heavy atom. The van der Waals surface area contributed by atoms with Gasteiger partial charge in [-0.1, -0.05) is 6.92 Å². The SMILES string of the molecule is COC1CN(C(=O)c2ccc(NN)nc2)CCC1C. The van der Waals surface area contributed by atoms with Gasteiger partial charge in [0.1, 0.15) is 5.82 Å². The van der Waals surface area contributed by atoms with Crippen molar-refractivity contribution >= 4 is 11.7 Å². The number of pyridine rings is 1. The van der Waals surface area contributed by atoms with E-state index >= 15 is 0 Å². The van der Waals surface area contributed by atoms with Crippen LogP contribution < -0.4 is 11.3 Å². The van der Waals surface area contributed by atoms with Crippen LogP contribution in [0.4, 0.5) is 5.82 Å². The Kier molecular flexibility index (Phi) is 4.34. The van der Waals surface area contributed by atoms with Crippen molar-refractivity contribution in [3.05, 3.63) is 23.9 Å². The molecule has 2 atom stereocenters. The van der Waals surface area contributed by atoms with E-state index < -0.39 is 0 Å². The van der Waals surface area contributed by atoms with Gasteiger partial charge in [-0.2, -0.15) is 0 Å². The average molecular weight is 264 g/mol. The van der Waals surface area contributed by atoms with Gasteiger partial charge >= 0.3 is 0 Å². The molecule has 0 aliphatic carbocycles. The average Bonchev–Trinajstić information content (AvgIpc) is 2.47. The highest BCUT2D eigenvalue weighted by Gasteiger charge is 2.29. The maximum Gasteiger partial charge on any atom is 0.255 e. The van der Waals surface area contributed by atoms with Crippen molar-refractivity contribution in [2.45, 2.75) is 19.4 Å². The van der Waals surface area contributed by atoms with Crippen molar-refractivity contribution in [1.29, 1.82) is 0 Å². The van der Waals surface area contributed by atoms with Gasteiger partial charge in [-0.05, 0) is 24.5 Å². The monoisotopic (exact) mass is 264 g/mol.